The molecule has 4 heteroatoms. The van der Waals surface area contributed by atoms with E-state index >= 15 is 0 Å². The van der Waals surface area contributed by atoms with Gasteiger partial charge in [0.2, 0.25) is 0 Å². The molecule has 108 valence electrons. The number of nitrogens with zero attached hydrogens (tertiary/aromatic N) is 1. The Hall–Kier alpha value is -1.26. The van der Waals surface area contributed by atoms with E-state index in [-0.39, 0.29) is 17.2 Å². The minimum Gasteiger partial charge on any atom is -0.330 e. The molecule has 0 aliphatic heterocycles. The number of benzene rings is 1. The van der Waals surface area contributed by atoms with E-state index in [1.165, 1.54) is 6.07 Å². The molecule has 1 unspecified atom stereocenters. The van der Waals surface area contributed by atoms with Crippen molar-refractivity contribution < 1.29 is 4.39 Å². The first-order valence-electron chi connectivity index (χ1n) is 6.81. The summed E-state index contributed by atoms with van der Waals surface area (Å²) in [5.74, 6) is -0.203. The lowest BCUT2D eigenvalue weighted by molar-refractivity contribution is 0.561. The first-order valence-corrected chi connectivity index (χ1v) is 7.69. The summed E-state index contributed by atoms with van der Waals surface area (Å²) in [6.45, 7) is 6.85. The Labute approximate surface area is 123 Å². The molecule has 0 amide bonds. The van der Waals surface area contributed by atoms with Crippen molar-refractivity contribution in [2.75, 3.05) is 6.54 Å². The van der Waals surface area contributed by atoms with Crippen LogP contribution in [0.2, 0.25) is 0 Å². The van der Waals surface area contributed by atoms with Gasteiger partial charge in [0.05, 0.1) is 10.7 Å². The number of halogens is 1. The normalized spacial score (nSPS) is 13.4. The fourth-order valence-electron chi connectivity index (χ4n) is 2.09. The Kier molecular flexibility index (Phi) is 4.55. The molecule has 0 radical (unpaired) electrons. The highest BCUT2D eigenvalue weighted by atomic mass is 32.1. The second kappa shape index (κ2) is 6.02. The minimum absolute atomic E-state index is 0.0184. The van der Waals surface area contributed by atoms with Crippen LogP contribution >= 0.6 is 11.3 Å². The van der Waals surface area contributed by atoms with Gasteiger partial charge < -0.3 is 5.73 Å². The van der Waals surface area contributed by atoms with Gasteiger partial charge in [0.15, 0.2) is 0 Å². The molecule has 2 N–H and O–H groups in total. The fourth-order valence-corrected chi connectivity index (χ4v) is 3.19. The van der Waals surface area contributed by atoms with Crippen LogP contribution in [0.5, 0.6) is 0 Å². The van der Waals surface area contributed by atoms with Crippen LogP contribution in [-0.4, -0.2) is 11.5 Å². The lowest BCUT2D eigenvalue weighted by Crippen LogP contribution is -2.17. The lowest BCUT2D eigenvalue weighted by Gasteiger charge is -2.16. The van der Waals surface area contributed by atoms with E-state index in [2.05, 4.69) is 31.1 Å². The van der Waals surface area contributed by atoms with Gasteiger partial charge >= 0.3 is 0 Å². The monoisotopic (exact) mass is 292 g/mol. The Bertz CT molecular complexity index is 572. The zero-order valence-corrected chi connectivity index (χ0v) is 13.0. The summed E-state index contributed by atoms with van der Waals surface area (Å²) in [7, 11) is 0. The lowest BCUT2D eigenvalue weighted by atomic mass is 9.93. The Morgan fingerprint density at radius 2 is 2.00 bits per heavy atom. The number of hydrogen-bond acceptors (Lipinski definition) is 3. The van der Waals surface area contributed by atoms with Crippen LogP contribution in [0.3, 0.4) is 0 Å². The third-order valence-electron chi connectivity index (χ3n) is 3.37. The van der Waals surface area contributed by atoms with Gasteiger partial charge in [-0.05, 0) is 18.2 Å². The van der Waals surface area contributed by atoms with Crippen LogP contribution in [-0.2, 0) is 11.8 Å². The van der Waals surface area contributed by atoms with Crippen LogP contribution in [0, 0.1) is 5.82 Å². The third kappa shape index (κ3) is 3.44. The van der Waals surface area contributed by atoms with Crippen LogP contribution in [0.1, 0.15) is 43.0 Å². The van der Waals surface area contributed by atoms with Gasteiger partial charge in [0, 0.05) is 23.1 Å². The molecule has 0 fully saturated rings. The summed E-state index contributed by atoms with van der Waals surface area (Å²) in [5.41, 5.74) is 7.64. The van der Waals surface area contributed by atoms with Gasteiger partial charge in [-0.2, -0.15) is 0 Å². The Morgan fingerprint density at radius 1 is 1.30 bits per heavy atom. The molecule has 2 aromatic rings. The van der Waals surface area contributed by atoms with Crippen LogP contribution in [0.25, 0.3) is 0 Å². The third-order valence-corrected chi connectivity index (χ3v) is 4.24. The largest absolute Gasteiger partial charge is 0.330 e. The molecule has 0 saturated carbocycles. The maximum atomic E-state index is 13.9. The van der Waals surface area contributed by atoms with Crippen molar-refractivity contribution in [3.8, 4) is 0 Å². The predicted molar refractivity (Wildman–Crippen MR) is 82.7 cm³/mol. The summed E-state index contributed by atoms with van der Waals surface area (Å²) in [6.07, 6.45) is 0.693. The van der Waals surface area contributed by atoms with E-state index in [1.807, 2.05) is 12.1 Å². The van der Waals surface area contributed by atoms with Gasteiger partial charge in [-0.15, -0.1) is 11.3 Å². The summed E-state index contributed by atoms with van der Waals surface area (Å²) in [5, 5.41) is 3.11. The second-order valence-electron chi connectivity index (χ2n) is 6.03. The van der Waals surface area contributed by atoms with Gasteiger partial charge in [-0.1, -0.05) is 39.0 Å². The smallest absolute Gasteiger partial charge is 0.126 e. The van der Waals surface area contributed by atoms with E-state index in [4.69, 9.17) is 5.73 Å². The molecule has 2 rings (SSSR count). The van der Waals surface area contributed by atoms with Crippen LogP contribution in [0.4, 0.5) is 4.39 Å². The van der Waals surface area contributed by atoms with E-state index in [1.54, 1.807) is 17.4 Å². The van der Waals surface area contributed by atoms with E-state index < -0.39 is 0 Å². The second-order valence-corrected chi connectivity index (χ2v) is 6.98. The number of thiazole rings is 1. The van der Waals surface area contributed by atoms with Crippen molar-refractivity contribution in [2.45, 2.75) is 38.5 Å². The highest BCUT2D eigenvalue weighted by Gasteiger charge is 2.20. The van der Waals surface area contributed by atoms with E-state index in [9.17, 15) is 4.39 Å². The molecule has 0 saturated heterocycles. The van der Waals surface area contributed by atoms with Gasteiger partial charge in [-0.3, -0.25) is 0 Å². The maximum Gasteiger partial charge on any atom is 0.126 e. The predicted octanol–water partition coefficient (Wildman–Crippen LogP) is 3.86. The van der Waals surface area contributed by atoms with Crippen LogP contribution in [0.15, 0.2) is 29.6 Å². The number of hydrogen-bond donors (Lipinski definition) is 1. The van der Waals surface area contributed by atoms with Gasteiger partial charge in [0.25, 0.3) is 0 Å². The summed E-state index contributed by atoms with van der Waals surface area (Å²) in [4.78, 5) is 4.66. The van der Waals surface area contributed by atoms with Crippen LogP contribution < -0.4 is 5.73 Å². The summed E-state index contributed by atoms with van der Waals surface area (Å²) < 4.78 is 13.9. The Balaban J connectivity index is 2.19. The average Bonchev–Trinajstić information content (AvgIpc) is 2.85. The number of aromatic nitrogens is 1. The quantitative estimate of drug-likeness (QED) is 0.929. The molecule has 1 aromatic carbocycles. The molecule has 20 heavy (non-hydrogen) atoms. The molecule has 0 bridgehead atoms. The van der Waals surface area contributed by atoms with Crippen molar-refractivity contribution in [1.29, 1.82) is 0 Å². The SMILES string of the molecule is CC(C)(C)c1csc(CC(CN)c2ccccc2F)n1. The van der Waals surface area contributed by atoms with Gasteiger partial charge in [0.1, 0.15) is 5.82 Å². The fraction of sp³-hybridized carbons (Fsp3) is 0.438. The van der Waals surface area contributed by atoms with E-state index in [0.717, 1.165) is 10.7 Å². The molecule has 1 heterocycles. The zero-order valence-electron chi connectivity index (χ0n) is 12.2. The Morgan fingerprint density at radius 3 is 2.55 bits per heavy atom. The van der Waals surface area contributed by atoms with Crippen molar-refractivity contribution in [2.24, 2.45) is 5.73 Å². The zero-order chi connectivity index (χ0) is 14.8. The molecular weight excluding hydrogens is 271 g/mol. The van der Waals surface area contributed by atoms with Gasteiger partial charge in [-0.25, -0.2) is 9.37 Å². The molecule has 1 atom stereocenters. The van der Waals surface area contributed by atoms with Crippen molar-refractivity contribution in [3.05, 3.63) is 51.7 Å². The topological polar surface area (TPSA) is 38.9 Å². The summed E-state index contributed by atoms with van der Waals surface area (Å²) >= 11 is 1.63. The van der Waals surface area contributed by atoms with Crippen molar-refractivity contribution >= 4 is 11.3 Å². The number of rotatable bonds is 4. The average molecular weight is 292 g/mol. The standard InChI is InChI=1S/C16H21FN2S/c1-16(2,3)14-10-20-15(19-14)8-11(9-18)12-6-4-5-7-13(12)17/h4-7,10-11H,8-9,18H2,1-3H3. The van der Waals surface area contributed by atoms with Crippen molar-refractivity contribution in [1.82, 2.24) is 4.98 Å². The highest BCUT2D eigenvalue weighted by molar-refractivity contribution is 7.09. The molecule has 0 aliphatic carbocycles. The molecular formula is C16H21FN2S. The van der Waals surface area contributed by atoms with E-state index in [0.29, 0.717) is 18.5 Å². The highest BCUT2D eigenvalue weighted by Crippen LogP contribution is 2.28. The molecule has 2 nitrogen and oxygen atoms in total. The first-order chi connectivity index (χ1) is 9.41. The molecule has 0 spiro atoms. The maximum absolute atomic E-state index is 13.9. The molecule has 1 aromatic heterocycles. The minimum atomic E-state index is -0.185. The van der Waals surface area contributed by atoms with Crippen molar-refractivity contribution in [3.63, 3.8) is 0 Å². The molecule has 0 aliphatic rings. The number of nitrogens with two attached hydrogens (primary N) is 1. The summed E-state index contributed by atoms with van der Waals surface area (Å²) in [6, 6.07) is 6.85. The first kappa shape index (κ1) is 15.1.